The molecule has 2 aromatic rings. The van der Waals surface area contributed by atoms with Crippen molar-refractivity contribution in [2.24, 2.45) is 5.92 Å². The van der Waals surface area contributed by atoms with Gasteiger partial charge in [-0.15, -0.1) is 0 Å². The van der Waals surface area contributed by atoms with E-state index in [0.29, 0.717) is 44.3 Å². The Kier molecular flexibility index (Phi) is 7.47. The van der Waals surface area contributed by atoms with Crippen molar-refractivity contribution < 1.29 is 23.7 Å². The Hall–Kier alpha value is -2.42. The van der Waals surface area contributed by atoms with Crippen LogP contribution in [0.1, 0.15) is 44.7 Å². The predicted molar refractivity (Wildman–Crippen MR) is 128 cm³/mol. The van der Waals surface area contributed by atoms with Gasteiger partial charge in [-0.2, -0.15) is 4.98 Å². The van der Waals surface area contributed by atoms with Crippen LogP contribution in [0.5, 0.6) is 11.6 Å². The van der Waals surface area contributed by atoms with Crippen LogP contribution in [-0.4, -0.2) is 61.8 Å². The molecule has 1 unspecified atom stereocenters. The van der Waals surface area contributed by atoms with E-state index in [1.54, 1.807) is 7.11 Å². The number of rotatable bonds is 9. The van der Waals surface area contributed by atoms with Crippen molar-refractivity contribution in [1.29, 1.82) is 0 Å². The number of hydrogen-bond acceptors (Lipinski definition) is 8. The first-order valence-electron chi connectivity index (χ1n) is 12.4. The fourth-order valence-electron chi connectivity index (χ4n) is 4.69. The molecular weight excluding hydrogens is 434 g/mol. The van der Waals surface area contributed by atoms with Gasteiger partial charge in [-0.25, -0.2) is 4.98 Å². The Morgan fingerprint density at radius 3 is 2.32 bits per heavy atom. The first-order chi connectivity index (χ1) is 16.7. The summed E-state index contributed by atoms with van der Waals surface area (Å²) < 4.78 is 28.6. The van der Waals surface area contributed by atoms with Gasteiger partial charge in [-0.1, -0.05) is 19.1 Å². The number of nitrogens with one attached hydrogen (secondary N) is 1. The van der Waals surface area contributed by atoms with E-state index in [9.17, 15) is 0 Å². The van der Waals surface area contributed by atoms with Crippen LogP contribution in [0.15, 0.2) is 24.3 Å². The van der Waals surface area contributed by atoms with Crippen molar-refractivity contribution in [2.45, 2.75) is 63.9 Å². The van der Waals surface area contributed by atoms with Gasteiger partial charge < -0.3 is 29.0 Å². The van der Waals surface area contributed by atoms with E-state index in [2.05, 4.69) is 12.2 Å². The van der Waals surface area contributed by atoms with Gasteiger partial charge in [-0.3, -0.25) is 0 Å². The molecule has 184 valence electrons. The summed E-state index contributed by atoms with van der Waals surface area (Å²) in [6.45, 7) is 5.23. The lowest BCUT2D eigenvalue weighted by molar-refractivity contribution is -0.0811. The number of methoxy groups -OCH3 is 1. The van der Waals surface area contributed by atoms with Crippen LogP contribution in [-0.2, 0) is 20.8 Å². The van der Waals surface area contributed by atoms with Gasteiger partial charge >= 0.3 is 0 Å². The van der Waals surface area contributed by atoms with Crippen LogP contribution < -0.4 is 14.8 Å². The molecule has 8 heteroatoms. The summed E-state index contributed by atoms with van der Waals surface area (Å²) in [5.41, 5.74) is 2.62. The highest BCUT2D eigenvalue weighted by Gasteiger charge is 2.27. The summed E-state index contributed by atoms with van der Waals surface area (Å²) in [7, 11) is 1.68. The molecule has 34 heavy (non-hydrogen) atoms. The standard InChI is InChI=1S/C26H35N3O5/c1-17-3-7-19(8-4-17)27-26-28-23(16-30-2)24(25(29-26)34-22-14-32-15-22)18-5-9-20(10-6-18)33-21-11-12-31-13-21/h5-6,9-10,17,19,21-22H,3-4,7-8,11-16H2,1-2H3,(H,27,28,29). The molecule has 1 aliphatic carbocycles. The summed E-state index contributed by atoms with van der Waals surface area (Å²) >= 11 is 0. The number of benzene rings is 1. The summed E-state index contributed by atoms with van der Waals surface area (Å²) in [4.78, 5) is 9.69. The average Bonchev–Trinajstić information content (AvgIpc) is 3.32. The molecule has 1 saturated carbocycles. The maximum absolute atomic E-state index is 6.29. The van der Waals surface area contributed by atoms with Crippen molar-refractivity contribution in [3.05, 3.63) is 30.0 Å². The van der Waals surface area contributed by atoms with Crippen molar-refractivity contribution in [3.8, 4) is 22.8 Å². The second-order valence-electron chi connectivity index (χ2n) is 9.61. The van der Waals surface area contributed by atoms with Gasteiger partial charge in [0.15, 0.2) is 0 Å². The predicted octanol–water partition coefficient (Wildman–Crippen LogP) is 4.23. The minimum Gasteiger partial charge on any atom is -0.488 e. The van der Waals surface area contributed by atoms with Gasteiger partial charge in [-0.05, 0) is 49.3 Å². The Morgan fingerprint density at radius 1 is 0.912 bits per heavy atom. The quantitative estimate of drug-likeness (QED) is 0.584. The third-order valence-electron chi connectivity index (χ3n) is 6.80. The maximum atomic E-state index is 6.29. The first-order valence-corrected chi connectivity index (χ1v) is 12.4. The molecule has 3 heterocycles. The highest BCUT2D eigenvalue weighted by atomic mass is 16.6. The summed E-state index contributed by atoms with van der Waals surface area (Å²) in [5.74, 6) is 2.79. The van der Waals surface area contributed by atoms with Gasteiger partial charge in [0.25, 0.3) is 0 Å². The van der Waals surface area contributed by atoms with Gasteiger partial charge in [0.05, 0.1) is 44.3 Å². The van der Waals surface area contributed by atoms with Crippen LogP contribution >= 0.6 is 0 Å². The Labute approximate surface area is 201 Å². The molecule has 8 nitrogen and oxygen atoms in total. The van der Waals surface area contributed by atoms with Crippen LogP contribution in [0.3, 0.4) is 0 Å². The van der Waals surface area contributed by atoms with Crippen molar-refractivity contribution in [3.63, 3.8) is 0 Å². The third kappa shape index (κ3) is 5.62. The Bertz CT molecular complexity index is 936. The van der Waals surface area contributed by atoms with Crippen LogP contribution in [0.25, 0.3) is 11.1 Å². The van der Waals surface area contributed by atoms with Crippen LogP contribution in [0.2, 0.25) is 0 Å². The highest BCUT2D eigenvalue weighted by Crippen LogP contribution is 2.36. The topological polar surface area (TPSA) is 84.0 Å². The monoisotopic (exact) mass is 469 g/mol. The fraction of sp³-hybridized carbons (Fsp3) is 0.615. The molecule has 0 spiro atoms. The lowest BCUT2D eigenvalue weighted by atomic mass is 9.87. The largest absolute Gasteiger partial charge is 0.488 e. The molecule has 1 N–H and O–H groups in total. The number of aromatic nitrogens is 2. The zero-order chi connectivity index (χ0) is 23.3. The minimum atomic E-state index is -0.00241. The summed E-state index contributed by atoms with van der Waals surface area (Å²) in [6, 6.07) is 8.41. The van der Waals surface area contributed by atoms with E-state index in [0.717, 1.165) is 54.4 Å². The lowest BCUT2D eigenvalue weighted by Gasteiger charge is -2.29. The average molecular weight is 470 g/mol. The number of nitrogens with zero attached hydrogens (tertiary/aromatic N) is 2. The van der Waals surface area contributed by atoms with Crippen molar-refractivity contribution in [2.75, 3.05) is 38.9 Å². The lowest BCUT2D eigenvalue weighted by Crippen LogP contribution is -2.39. The molecule has 2 aliphatic heterocycles. The van der Waals surface area contributed by atoms with E-state index >= 15 is 0 Å². The van der Waals surface area contributed by atoms with Crippen LogP contribution in [0, 0.1) is 5.92 Å². The molecular formula is C26H35N3O5. The molecule has 0 radical (unpaired) electrons. The second-order valence-corrected chi connectivity index (χ2v) is 9.61. The van der Waals surface area contributed by atoms with Crippen LogP contribution in [0.4, 0.5) is 5.95 Å². The molecule has 5 rings (SSSR count). The van der Waals surface area contributed by atoms with E-state index in [4.69, 9.17) is 33.7 Å². The zero-order valence-corrected chi connectivity index (χ0v) is 20.1. The summed E-state index contributed by atoms with van der Waals surface area (Å²) in [5, 5.41) is 3.56. The fourth-order valence-corrected chi connectivity index (χ4v) is 4.69. The first kappa shape index (κ1) is 23.3. The van der Waals surface area contributed by atoms with E-state index in [1.165, 1.54) is 12.8 Å². The molecule has 1 aromatic heterocycles. The Balaban J connectivity index is 1.42. The minimum absolute atomic E-state index is 0.00241. The summed E-state index contributed by atoms with van der Waals surface area (Å²) in [6.07, 6.45) is 5.75. The van der Waals surface area contributed by atoms with E-state index in [-0.39, 0.29) is 12.2 Å². The van der Waals surface area contributed by atoms with E-state index in [1.807, 2.05) is 24.3 Å². The molecule has 3 aliphatic rings. The number of ether oxygens (including phenoxy) is 5. The highest BCUT2D eigenvalue weighted by molar-refractivity contribution is 5.72. The maximum Gasteiger partial charge on any atom is 0.227 e. The normalized spacial score (nSPS) is 25.1. The van der Waals surface area contributed by atoms with Gasteiger partial charge in [0.2, 0.25) is 11.8 Å². The SMILES string of the molecule is COCc1nc(NC2CCC(C)CC2)nc(OC2COC2)c1-c1ccc(OC2CCOC2)cc1. The zero-order valence-electron chi connectivity index (χ0n) is 20.1. The molecule has 1 aromatic carbocycles. The van der Waals surface area contributed by atoms with Crippen molar-refractivity contribution in [1.82, 2.24) is 9.97 Å². The second kappa shape index (κ2) is 10.9. The number of hydrogen-bond donors (Lipinski definition) is 1. The molecule has 2 saturated heterocycles. The molecule has 1 atom stereocenters. The molecule has 0 bridgehead atoms. The Morgan fingerprint density at radius 2 is 1.68 bits per heavy atom. The van der Waals surface area contributed by atoms with Crippen molar-refractivity contribution >= 4 is 5.95 Å². The molecule has 3 fully saturated rings. The van der Waals surface area contributed by atoms with Gasteiger partial charge in [0.1, 0.15) is 18.0 Å². The number of anilines is 1. The molecule has 0 amide bonds. The third-order valence-corrected chi connectivity index (χ3v) is 6.80. The van der Waals surface area contributed by atoms with E-state index < -0.39 is 0 Å². The van der Waals surface area contributed by atoms with Gasteiger partial charge in [0, 0.05) is 19.6 Å². The smallest absolute Gasteiger partial charge is 0.227 e.